The van der Waals surface area contributed by atoms with E-state index in [-0.39, 0.29) is 11.5 Å². The zero-order chi connectivity index (χ0) is 23.1. The van der Waals surface area contributed by atoms with Crippen LogP contribution in [0.3, 0.4) is 0 Å². The molecule has 0 saturated heterocycles. The van der Waals surface area contributed by atoms with Crippen molar-refractivity contribution in [3.8, 4) is 11.5 Å². The molecule has 33 heavy (non-hydrogen) atoms. The van der Waals surface area contributed by atoms with Gasteiger partial charge in [0, 0.05) is 39.8 Å². The van der Waals surface area contributed by atoms with E-state index in [9.17, 15) is 9.59 Å². The van der Waals surface area contributed by atoms with Crippen molar-refractivity contribution in [3.63, 3.8) is 0 Å². The van der Waals surface area contributed by atoms with Gasteiger partial charge >= 0.3 is 0 Å². The largest absolute Gasteiger partial charge is 0.493 e. The van der Waals surface area contributed by atoms with Crippen LogP contribution in [0.5, 0.6) is 11.5 Å². The van der Waals surface area contributed by atoms with Gasteiger partial charge in [0.2, 0.25) is 0 Å². The molecular weight excluding hydrogens is 416 g/mol. The van der Waals surface area contributed by atoms with E-state index in [1.165, 1.54) is 0 Å². The molecule has 1 N–H and O–H groups in total. The standard InChI is InChI=1S/C27H22N2O4/c1-29-25-18-12-8-7-11-17(18)22(28-26(30)16-9-5-4-6-10-16)13-20(25)19-14-23(32-2)24(33-3)15-21(19)27(29)31/h4-15H,1-3H3,(H,28,30). The van der Waals surface area contributed by atoms with Gasteiger partial charge in [-0.2, -0.15) is 0 Å². The van der Waals surface area contributed by atoms with Crippen LogP contribution in [-0.2, 0) is 7.05 Å². The Hall–Kier alpha value is -4.32. The Bertz CT molecular complexity index is 1600. The predicted molar refractivity (Wildman–Crippen MR) is 132 cm³/mol. The topological polar surface area (TPSA) is 69.6 Å². The van der Waals surface area contributed by atoms with Gasteiger partial charge in [-0.1, -0.05) is 42.5 Å². The molecule has 0 aliphatic heterocycles. The molecule has 1 heterocycles. The van der Waals surface area contributed by atoms with Gasteiger partial charge in [-0.15, -0.1) is 0 Å². The molecule has 0 atom stereocenters. The smallest absolute Gasteiger partial charge is 0.258 e. The number of benzene rings is 4. The molecular formula is C27H22N2O4. The van der Waals surface area contributed by atoms with Crippen molar-refractivity contribution in [1.29, 1.82) is 0 Å². The maximum Gasteiger partial charge on any atom is 0.258 e. The maximum atomic E-state index is 13.3. The Kier molecular flexibility index (Phi) is 4.98. The van der Waals surface area contributed by atoms with E-state index >= 15 is 0 Å². The van der Waals surface area contributed by atoms with Gasteiger partial charge in [0.1, 0.15) is 0 Å². The highest BCUT2D eigenvalue weighted by Crippen LogP contribution is 2.38. The fraction of sp³-hybridized carbons (Fsp3) is 0.111. The average Bonchev–Trinajstić information content (AvgIpc) is 2.86. The third kappa shape index (κ3) is 3.27. The van der Waals surface area contributed by atoms with Gasteiger partial charge < -0.3 is 19.4 Å². The molecule has 0 spiro atoms. The predicted octanol–water partition coefficient (Wildman–Crippen LogP) is 5.11. The summed E-state index contributed by atoms with van der Waals surface area (Å²) in [5.41, 5.74) is 1.89. The molecule has 5 aromatic rings. The molecule has 0 bridgehead atoms. The molecule has 0 radical (unpaired) electrons. The molecule has 164 valence electrons. The summed E-state index contributed by atoms with van der Waals surface area (Å²) >= 11 is 0. The number of carbonyl (C=O) groups excluding carboxylic acids is 1. The molecule has 5 rings (SSSR count). The number of hydrogen-bond donors (Lipinski definition) is 1. The number of fused-ring (bicyclic) bond motifs is 5. The van der Waals surface area contributed by atoms with Crippen LogP contribution in [0.2, 0.25) is 0 Å². The van der Waals surface area contributed by atoms with Crippen LogP contribution in [0.15, 0.2) is 77.6 Å². The number of nitrogens with one attached hydrogen (secondary N) is 1. The Labute approximate surface area is 190 Å². The molecule has 6 heteroatoms. The second kappa shape index (κ2) is 7.98. The molecule has 0 unspecified atom stereocenters. The van der Waals surface area contributed by atoms with Crippen LogP contribution in [0.1, 0.15) is 10.4 Å². The van der Waals surface area contributed by atoms with Crippen LogP contribution >= 0.6 is 0 Å². The average molecular weight is 438 g/mol. The lowest BCUT2D eigenvalue weighted by Crippen LogP contribution is -2.18. The van der Waals surface area contributed by atoms with Gasteiger partial charge in [0.15, 0.2) is 11.5 Å². The molecule has 0 aliphatic carbocycles. The first-order valence-corrected chi connectivity index (χ1v) is 10.5. The maximum absolute atomic E-state index is 13.3. The highest BCUT2D eigenvalue weighted by Gasteiger charge is 2.18. The van der Waals surface area contributed by atoms with Crippen molar-refractivity contribution in [1.82, 2.24) is 4.57 Å². The SMILES string of the molecule is COc1cc2c(=O)n(C)c3c4ccccc4c(NC(=O)c4ccccc4)cc3c2cc1OC. The summed E-state index contributed by atoms with van der Waals surface area (Å²) in [6.07, 6.45) is 0. The van der Waals surface area contributed by atoms with Gasteiger partial charge in [-0.05, 0) is 30.3 Å². The van der Waals surface area contributed by atoms with Crippen molar-refractivity contribution in [2.75, 3.05) is 19.5 Å². The van der Waals surface area contributed by atoms with Crippen molar-refractivity contribution in [2.24, 2.45) is 7.05 Å². The monoisotopic (exact) mass is 438 g/mol. The van der Waals surface area contributed by atoms with Crippen LogP contribution in [0, 0.1) is 0 Å². The number of methoxy groups -OCH3 is 2. The Morgan fingerprint density at radius 2 is 1.36 bits per heavy atom. The van der Waals surface area contributed by atoms with Gasteiger partial charge in [-0.3, -0.25) is 9.59 Å². The van der Waals surface area contributed by atoms with Crippen molar-refractivity contribution in [3.05, 3.63) is 88.7 Å². The zero-order valence-corrected chi connectivity index (χ0v) is 18.5. The number of hydrogen-bond acceptors (Lipinski definition) is 4. The zero-order valence-electron chi connectivity index (χ0n) is 18.5. The minimum Gasteiger partial charge on any atom is -0.493 e. The van der Waals surface area contributed by atoms with E-state index in [1.54, 1.807) is 44.0 Å². The lowest BCUT2D eigenvalue weighted by atomic mass is 9.98. The number of rotatable bonds is 4. The summed E-state index contributed by atoms with van der Waals surface area (Å²) < 4.78 is 12.6. The second-order valence-corrected chi connectivity index (χ2v) is 7.80. The molecule has 1 aromatic heterocycles. The van der Waals surface area contributed by atoms with Crippen molar-refractivity contribution < 1.29 is 14.3 Å². The molecule has 0 saturated carbocycles. The highest BCUT2D eigenvalue weighted by molar-refractivity contribution is 6.21. The fourth-order valence-corrected chi connectivity index (χ4v) is 4.38. The lowest BCUT2D eigenvalue weighted by molar-refractivity contribution is 0.102. The minimum absolute atomic E-state index is 0.135. The molecule has 4 aromatic carbocycles. The Morgan fingerprint density at radius 3 is 2.03 bits per heavy atom. The number of carbonyl (C=O) groups is 1. The van der Waals surface area contributed by atoms with E-state index in [0.717, 1.165) is 27.1 Å². The lowest BCUT2D eigenvalue weighted by Gasteiger charge is -2.17. The second-order valence-electron chi connectivity index (χ2n) is 7.80. The van der Waals surface area contributed by atoms with E-state index < -0.39 is 0 Å². The number of amides is 1. The van der Waals surface area contributed by atoms with Gasteiger partial charge in [-0.25, -0.2) is 0 Å². The summed E-state index contributed by atoms with van der Waals surface area (Å²) in [7, 11) is 4.86. The van der Waals surface area contributed by atoms with Gasteiger partial charge in [0.05, 0.1) is 25.1 Å². The first-order valence-electron chi connectivity index (χ1n) is 10.5. The van der Waals surface area contributed by atoms with E-state index in [4.69, 9.17) is 9.47 Å². The highest BCUT2D eigenvalue weighted by atomic mass is 16.5. The molecule has 1 amide bonds. The summed E-state index contributed by atoms with van der Waals surface area (Å²) in [5.74, 6) is 0.816. The minimum atomic E-state index is -0.200. The molecule has 6 nitrogen and oxygen atoms in total. The van der Waals surface area contributed by atoms with Crippen LogP contribution < -0.4 is 20.3 Å². The number of pyridine rings is 1. The number of nitrogens with zero attached hydrogens (tertiary/aromatic N) is 1. The van der Waals surface area contributed by atoms with Gasteiger partial charge in [0.25, 0.3) is 11.5 Å². The summed E-state index contributed by atoms with van der Waals surface area (Å²) in [4.78, 5) is 26.3. The normalized spacial score (nSPS) is 11.1. The quantitative estimate of drug-likeness (QED) is 0.396. The van der Waals surface area contributed by atoms with Crippen LogP contribution in [-0.4, -0.2) is 24.7 Å². The molecule has 0 aliphatic rings. The van der Waals surface area contributed by atoms with E-state index in [2.05, 4.69) is 5.32 Å². The number of aromatic nitrogens is 1. The third-order valence-electron chi connectivity index (χ3n) is 5.98. The molecule has 0 fully saturated rings. The Morgan fingerprint density at radius 1 is 0.758 bits per heavy atom. The van der Waals surface area contributed by atoms with Crippen molar-refractivity contribution in [2.45, 2.75) is 0 Å². The first kappa shape index (κ1) is 20.6. The summed E-state index contributed by atoms with van der Waals surface area (Å²) in [6, 6.07) is 22.3. The number of anilines is 1. The number of aryl methyl sites for hydroxylation is 1. The van der Waals surface area contributed by atoms with E-state index in [0.29, 0.717) is 28.1 Å². The third-order valence-corrected chi connectivity index (χ3v) is 5.98. The van der Waals surface area contributed by atoms with E-state index in [1.807, 2.05) is 54.6 Å². The Balaban J connectivity index is 1.87. The van der Waals surface area contributed by atoms with Crippen LogP contribution in [0.25, 0.3) is 32.4 Å². The summed E-state index contributed by atoms with van der Waals surface area (Å²) in [5, 5.41) is 6.85. The fourth-order valence-electron chi connectivity index (χ4n) is 4.38. The van der Waals surface area contributed by atoms with Crippen LogP contribution in [0.4, 0.5) is 5.69 Å². The number of ether oxygens (including phenoxy) is 2. The first-order chi connectivity index (χ1) is 16.0. The summed E-state index contributed by atoms with van der Waals surface area (Å²) in [6.45, 7) is 0. The van der Waals surface area contributed by atoms with Crippen molar-refractivity contribution >= 4 is 44.0 Å².